The van der Waals surface area contributed by atoms with Crippen molar-refractivity contribution in [1.29, 1.82) is 0 Å². The average Bonchev–Trinajstić information content (AvgIpc) is 3.51. The van der Waals surface area contributed by atoms with Gasteiger partial charge in [0.25, 0.3) is 5.91 Å². The Morgan fingerprint density at radius 2 is 1.87 bits per heavy atom. The van der Waals surface area contributed by atoms with E-state index in [9.17, 15) is 27.6 Å². The molecule has 1 aliphatic carbocycles. The summed E-state index contributed by atoms with van der Waals surface area (Å²) < 4.78 is 40.6. The molecule has 0 radical (unpaired) electrons. The average molecular weight is 550 g/mol. The van der Waals surface area contributed by atoms with E-state index in [-0.39, 0.29) is 24.3 Å². The highest BCUT2D eigenvalue weighted by molar-refractivity contribution is 6.00. The molecular formula is C26H34F3N7O3. The molecule has 2 aromatic rings. The molecule has 3 heterocycles. The minimum atomic E-state index is -4.54. The van der Waals surface area contributed by atoms with Crippen molar-refractivity contribution in [1.82, 2.24) is 30.3 Å². The predicted octanol–water partition coefficient (Wildman–Crippen LogP) is 3.88. The maximum atomic E-state index is 13.5. The monoisotopic (exact) mass is 549 g/mol. The number of nitrogens with one attached hydrogen (secondary N) is 3. The number of halogens is 3. The third-order valence-electron chi connectivity index (χ3n) is 7.33. The first-order valence-corrected chi connectivity index (χ1v) is 13.1. The lowest BCUT2D eigenvalue weighted by molar-refractivity contribution is -0.149. The normalized spacial score (nSPS) is 22.5. The standard InChI is InChI=1S/C26H34F3N7O3/c1-15(2)36-19(9-11-31-36)23(37)34-22(18-6-4-16(3)5-7-18)24(38)33-21-12-17(8-10-30-21)13-35-14-20(26(27,28)29)32-25(35)39/h8-12,15-16,18,20,22H,4-7,13-14H2,1-3H3,(H,32,39)(H,34,37)(H,30,33,38)/t16?,18?,20-,22-/m0/s1. The van der Waals surface area contributed by atoms with Crippen molar-refractivity contribution >= 4 is 23.7 Å². The van der Waals surface area contributed by atoms with E-state index in [0.717, 1.165) is 30.6 Å². The van der Waals surface area contributed by atoms with Crippen LogP contribution in [0.3, 0.4) is 0 Å². The van der Waals surface area contributed by atoms with E-state index in [1.54, 1.807) is 23.0 Å². The first-order chi connectivity index (χ1) is 18.4. The Labute approximate surface area is 224 Å². The molecule has 2 aromatic heterocycles. The van der Waals surface area contributed by atoms with Gasteiger partial charge in [0.05, 0.1) is 6.54 Å². The summed E-state index contributed by atoms with van der Waals surface area (Å²) >= 11 is 0. The third-order valence-corrected chi connectivity index (χ3v) is 7.33. The quantitative estimate of drug-likeness (QED) is 0.462. The van der Waals surface area contributed by atoms with Crippen LogP contribution in [-0.4, -0.2) is 62.3 Å². The summed E-state index contributed by atoms with van der Waals surface area (Å²) in [7, 11) is 0. The van der Waals surface area contributed by atoms with Crippen molar-refractivity contribution < 1.29 is 27.6 Å². The Kier molecular flexibility index (Phi) is 8.45. The smallest absolute Gasteiger partial charge is 0.339 e. The molecule has 0 spiro atoms. The van der Waals surface area contributed by atoms with Gasteiger partial charge in [0.15, 0.2) is 0 Å². The van der Waals surface area contributed by atoms with Crippen LogP contribution in [-0.2, 0) is 11.3 Å². The maximum Gasteiger partial charge on any atom is 0.410 e. The molecule has 2 aliphatic rings. The number of rotatable bonds is 8. The maximum absolute atomic E-state index is 13.5. The van der Waals surface area contributed by atoms with Gasteiger partial charge in [-0.3, -0.25) is 14.3 Å². The second kappa shape index (κ2) is 11.6. The summed E-state index contributed by atoms with van der Waals surface area (Å²) in [6, 6.07) is 1.09. The molecule has 0 aromatic carbocycles. The van der Waals surface area contributed by atoms with E-state index in [1.807, 2.05) is 19.2 Å². The number of carbonyl (C=O) groups excluding carboxylic acids is 3. The van der Waals surface area contributed by atoms with E-state index in [4.69, 9.17) is 0 Å². The number of alkyl halides is 3. The minimum Gasteiger partial charge on any atom is -0.339 e. The summed E-state index contributed by atoms with van der Waals surface area (Å²) in [5, 5.41) is 11.8. The fourth-order valence-corrected chi connectivity index (χ4v) is 5.11. The summed E-state index contributed by atoms with van der Waals surface area (Å²) in [6.07, 6.45) is 1.86. The van der Waals surface area contributed by atoms with Crippen LogP contribution in [0.15, 0.2) is 30.6 Å². The number of urea groups is 1. The molecule has 4 rings (SSSR count). The van der Waals surface area contributed by atoms with Crippen LogP contribution in [0.1, 0.15) is 68.5 Å². The largest absolute Gasteiger partial charge is 0.410 e. The topological polar surface area (TPSA) is 121 Å². The highest BCUT2D eigenvalue weighted by atomic mass is 19.4. The molecule has 3 N–H and O–H groups in total. The Morgan fingerprint density at radius 1 is 1.15 bits per heavy atom. The lowest BCUT2D eigenvalue weighted by Gasteiger charge is -2.32. The fraction of sp³-hybridized carbons (Fsp3) is 0.577. The van der Waals surface area contributed by atoms with E-state index in [2.05, 4.69) is 27.6 Å². The van der Waals surface area contributed by atoms with E-state index >= 15 is 0 Å². The summed E-state index contributed by atoms with van der Waals surface area (Å²) in [5.41, 5.74) is 0.860. The second-order valence-electron chi connectivity index (χ2n) is 10.7. The first-order valence-electron chi connectivity index (χ1n) is 13.1. The van der Waals surface area contributed by atoms with Crippen molar-refractivity contribution in [2.45, 2.75) is 77.3 Å². The number of pyridine rings is 1. The molecule has 2 fully saturated rings. The van der Waals surface area contributed by atoms with Gasteiger partial charge in [0, 0.05) is 25.0 Å². The van der Waals surface area contributed by atoms with Gasteiger partial charge in [-0.25, -0.2) is 9.78 Å². The Bertz CT molecular complexity index is 1190. The number of anilines is 1. The highest BCUT2D eigenvalue weighted by Crippen LogP contribution is 2.31. The number of nitrogens with zero attached hydrogens (tertiary/aromatic N) is 4. The van der Waals surface area contributed by atoms with Crippen LogP contribution >= 0.6 is 0 Å². The lowest BCUT2D eigenvalue weighted by atomic mass is 9.79. The first kappa shape index (κ1) is 28.4. The number of amides is 4. The zero-order chi connectivity index (χ0) is 28.3. The van der Waals surface area contributed by atoms with Crippen molar-refractivity contribution in [2.75, 3.05) is 11.9 Å². The zero-order valence-corrected chi connectivity index (χ0v) is 22.2. The molecule has 13 heteroatoms. The van der Waals surface area contributed by atoms with E-state index < -0.39 is 42.7 Å². The van der Waals surface area contributed by atoms with E-state index in [1.165, 1.54) is 12.3 Å². The molecule has 2 atom stereocenters. The molecule has 0 bridgehead atoms. The third kappa shape index (κ3) is 6.87. The Hall–Kier alpha value is -3.64. The van der Waals surface area contributed by atoms with Gasteiger partial charge >= 0.3 is 12.2 Å². The fourth-order valence-electron chi connectivity index (χ4n) is 5.11. The molecule has 212 valence electrons. The Balaban J connectivity index is 1.47. The number of aromatic nitrogens is 3. The molecule has 1 saturated carbocycles. The molecule has 10 nitrogen and oxygen atoms in total. The highest BCUT2D eigenvalue weighted by Gasteiger charge is 2.46. The number of hydrogen-bond acceptors (Lipinski definition) is 5. The number of carbonyl (C=O) groups is 3. The van der Waals surface area contributed by atoms with Crippen molar-refractivity contribution in [2.24, 2.45) is 11.8 Å². The van der Waals surface area contributed by atoms with E-state index in [0.29, 0.717) is 17.2 Å². The second-order valence-corrected chi connectivity index (χ2v) is 10.7. The van der Waals surface area contributed by atoms with Crippen molar-refractivity contribution in [3.8, 4) is 0 Å². The van der Waals surface area contributed by atoms with Crippen LogP contribution in [0.5, 0.6) is 0 Å². The van der Waals surface area contributed by atoms with Gasteiger partial charge in [-0.05, 0) is 62.3 Å². The van der Waals surface area contributed by atoms with Gasteiger partial charge in [-0.1, -0.05) is 19.8 Å². The van der Waals surface area contributed by atoms with Gasteiger partial charge < -0.3 is 20.9 Å². The van der Waals surface area contributed by atoms with Crippen molar-refractivity contribution in [3.63, 3.8) is 0 Å². The SMILES string of the molecule is CC1CCC([C@H](NC(=O)c2ccnn2C(C)C)C(=O)Nc2cc(CN3C[C@@H](C(F)(F)F)NC3=O)ccn2)CC1. The van der Waals surface area contributed by atoms with Gasteiger partial charge in [-0.2, -0.15) is 18.3 Å². The number of hydrogen-bond donors (Lipinski definition) is 3. The molecule has 1 saturated heterocycles. The summed E-state index contributed by atoms with van der Waals surface area (Å²) in [6.45, 7) is 5.39. The van der Waals surface area contributed by atoms with Gasteiger partial charge in [0.2, 0.25) is 5.91 Å². The van der Waals surface area contributed by atoms with Gasteiger partial charge in [0.1, 0.15) is 23.6 Å². The molecule has 1 aliphatic heterocycles. The molecule has 4 amide bonds. The zero-order valence-electron chi connectivity index (χ0n) is 22.2. The molecular weight excluding hydrogens is 515 g/mol. The molecule has 0 unspecified atom stereocenters. The van der Waals surface area contributed by atoms with Crippen LogP contribution in [0.4, 0.5) is 23.8 Å². The lowest BCUT2D eigenvalue weighted by Crippen LogP contribution is -2.49. The van der Waals surface area contributed by atoms with Gasteiger partial charge in [-0.15, -0.1) is 0 Å². The summed E-state index contributed by atoms with van der Waals surface area (Å²) in [5.74, 6) is -0.183. The molecule has 39 heavy (non-hydrogen) atoms. The van der Waals surface area contributed by atoms with Crippen LogP contribution < -0.4 is 16.0 Å². The van der Waals surface area contributed by atoms with Crippen molar-refractivity contribution in [3.05, 3.63) is 41.9 Å². The van der Waals surface area contributed by atoms with Crippen LogP contribution in [0, 0.1) is 11.8 Å². The van der Waals surface area contributed by atoms with Crippen LogP contribution in [0.25, 0.3) is 0 Å². The summed E-state index contributed by atoms with van der Waals surface area (Å²) in [4.78, 5) is 43.9. The Morgan fingerprint density at radius 3 is 2.51 bits per heavy atom. The predicted molar refractivity (Wildman–Crippen MR) is 137 cm³/mol. The minimum absolute atomic E-state index is 0.0420. The van der Waals surface area contributed by atoms with Crippen LogP contribution in [0.2, 0.25) is 0 Å².